The summed E-state index contributed by atoms with van der Waals surface area (Å²) in [5, 5.41) is 17.7. The molecule has 0 spiro atoms. The van der Waals surface area contributed by atoms with Gasteiger partial charge in [-0.2, -0.15) is 9.97 Å². The van der Waals surface area contributed by atoms with E-state index in [0.29, 0.717) is 0 Å². The lowest BCUT2D eigenvalue weighted by Gasteiger charge is -1.99. The number of methoxy groups -OCH3 is 1. The number of carbonyl (C=O) groups excluding carboxylic acids is 1. The first kappa shape index (κ1) is 8.25. The van der Waals surface area contributed by atoms with Crippen LogP contribution in [0.3, 0.4) is 0 Å². The lowest BCUT2D eigenvalue weighted by molar-refractivity contribution is 0.0588. The van der Waals surface area contributed by atoms with Crippen LogP contribution >= 0.6 is 0 Å². The fraction of sp³-hybridized carbons (Fsp3) is 0.167. The summed E-state index contributed by atoms with van der Waals surface area (Å²) < 4.78 is 4.27. The quantitative estimate of drug-likeness (QED) is 0.561. The third-order valence-electron chi connectivity index (χ3n) is 1.14. The molecule has 1 aromatic heterocycles. The fourth-order valence-electron chi connectivity index (χ4n) is 0.613. The van der Waals surface area contributed by atoms with E-state index in [1.54, 1.807) is 0 Å². The van der Waals surface area contributed by atoms with Gasteiger partial charge in [-0.15, -0.1) is 0 Å². The minimum Gasteiger partial charge on any atom is -0.504 e. The topological polar surface area (TPSA) is 92.5 Å². The summed E-state index contributed by atoms with van der Waals surface area (Å²) in [5.41, 5.74) is -0.356. The maximum absolute atomic E-state index is 10.8. The van der Waals surface area contributed by atoms with E-state index < -0.39 is 17.7 Å². The lowest BCUT2D eigenvalue weighted by atomic mass is 10.4. The molecule has 0 radical (unpaired) electrons. The summed E-state index contributed by atoms with van der Waals surface area (Å²) in [5.74, 6) is -1.26. The van der Waals surface area contributed by atoms with Crippen molar-refractivity contribution in [3.05, 3.63) is 11.9 Å². The van der Waals surface area contributed by atoms with Crippen molar-refractivity contribution in [3.8, 4) is 11.8 Å². The maximum Gasteiger partial charge on any atom is 0.360 e. The molecule has 64 valence electrons. The van der Waals surface area contributed by atoms with Gasteiger partial charge in [0, 0.05) is 0 Å². The van der Waals surface area contributed by atoms with Gasteiger partial charge in [0.25, 0.3) is 0 Å². The highest BCUT2D eigenvalue weighted by Gasteiger charge is 2.14. The van der Waals surface area contributed by atoms with Gasteiger partial charge in [0.1, 0.15) is 0 Å². The third kappa shape index (κ3) is 1.42. The Kier molecular flexibility index (Phi) is 2.09. The number of hydrogen-bond acceptors (Lipinski definition) is 6. The van der Waals surface area contributed by atoms with Crippen molar-refractivity contribution < 1.29 is 19.7 Å². The van der Waals surface area contributed by atoms with E-state index in [9.17, 15) is 4.79 Å². The first-order valence-corrected chi connectivity index (χ1v) is 2.98. The van der Waals surface area contributed by atoms with E-state index in [1.165, 1.54) is 0 Å². The molecule has 1 rings (SSSR count). The Hall–Kier alpha value is -1.85. The van der Waals surface area contributed by atoms with E-state index in [0.717, 1.165) is 13.3 Å². The predicted octanol–water partition coefficient (Wildman–Crippen LogP) is -0.326. The second-order valence-electron chi connectivity index (χ2n) is 1.90. The summed E-state index contributed by atoms with van der Waals surface area (Å²) in [6, 6.07) is -0.590. The average Bonchev–Trinajstić information content (AvgIpc) is 2.08. The van der Waals surface area contributed by atoms with Gasteiger partial charge in [-0.1, -0.05) is 0 Å². The van der Waals surface area contributed by atoms with Crippen LogP contribution in [0.2, 0.25) is 0 Å². The van der Waals surface area contributed by atoms with Gasteiger partial charge < -0.3 is 14.9 Å². The second kappa shape index (κ2) is 3.04. The zero-order valence-electron chi connectivity index (χ0n) is 6.18. The van der Waals surface area contributed by atoms with Crippen LogP contribution < -0.4 is 0 Å². The molecule has 0 aromatic carbocycles. The van der Waals surface area contributed by atoms with Crippen molar-refractivity contribution >= 4 is 5.97 Å². The first-order chi connectivity index (χ1) is 5.65. The zero-order valence-corrected chi connectivity index (χ0v) is 6.18. The molecule has 6 heteroatoms. The van der Waals surface area contributed by atoms with Crippen LogP contribution in [-0.2, 0) is 4.74 Å². The number of aromatic hydroxyl groups is 2. The Labute approximate surface area is 67.5 Å². The Balaban J connectivity index is 3.13. The highest BCUT2D eigenvalue weighted by molar-refractivity contribution is 5.89. The van der Waals surface area contributed by atoms with Gasteiger partial charge in [0.2, 0.25) is 0 Å². The normalized spacial score (nSPS) is 9.42. The molecule has 0 fully saturated rings. The van der Waals surface area contributed by atoms with Gasteiger partial charge in [0.05, 0.1) is 13.3 Å². The van der Waals surface area contributed by atoms with Crippen molar-refractivity contribution in [2.45, 2.75) is 0 Å². The standard InChI is InChI=1S/C6H6N2O4/c1-12-5(10)4-3(9)2-7-6(11)8-4/h2,9H,1H3,(H,7,8,11). The summed E-state index contributed by atoms with van der Waals surface area (Å²) in [6.07, 6.45) is 0.911. The van der Waals surface area contributed by atoms with Crippen LogP contribution in [0.15, 0.2) is 6.20 Å². The van der Waals surface area contributed by atoms with Gasteiger partial charge in [-0.05, 0) is 0 Å². The van der Waals surface area contributed by atoms with E-state index >= 15 is 0 Å². The molecular formula is C6H6N2O4. The molecule has 0 unspecified atom stereocenters. The number of ether oxygens (including phenoxy) is 1. The smallest absolute Gasteiger partial charge is 0.360 e. The van der Waals surface area contributed by atoms with E-state index in [4.69, 9.17) is 10.2 Å². The van der Waals surface area contributed by atoms with Crippen LogP contribution in [0.25, 0.3) is 0 Å². The number of rotatable bonds is 1. The molecule has 0 amide bonds. The minimum atomic E-state index is -0.829. The molecule has 1 aromatic rings. The molecule has 0 atom stereocenters. The van der Waals surface area contributed by atoms with Gasteiger partial charge in [0.15, 0.2) is 11.4 Å². The molecule has 0 aliphatic carbocycles. The molecule has 0 saturated heterocycles. The summed E-state index contributed by atoms with van der Waals surface area (Å²) in [7, 11) is 1.14. The Morgan fingerprint density at radius 1 is 1.58 bits per heavy atom. The molecule has 0 aliphatic heterocycles. The van der Waals surface area contributed by atoms with Crippen molar-refractivity contribution in [2.75, 3.05) is 7.11 Å². The van der Waals surface area contributed by atoms with Crippen LogP contribution in [0, 0.1) is 0 Å². The maximum atomic E-state index is 10.8. The fourth-order valence-corrected chi connectivity index (χ4v) is 0.613. The Morgan fingerprint density at radius 2 is 2.25 bits per heavy atom. The lowest BCUT2D eigenvalue weighted by Crippen LogP contribution is -2.04. The molecule has 6 nitrogen and oxygen atoms in total. The minimum absolute atomic E-state index is 0.356. The van der Waals surface area contributed by atoms with Crippen molar-refractivity contribution in [1.29, 1.82) is 0 Å². The number of carbonyl (C=O) groups is 1. The van der Waals surface area contributed by atoms with Crippen LogP contribution in [-0.4, -0.2) is 33.3 Å². The van der Waals surface area contributed by atoms with E-state index in [-0.39, 0.29) is 5.69 Å². The van der Waals surface area contributed by atoms with Crippen molar-refractivity contribution in [2.24, 2.45) is 0 Å². The molecule has 2 N–H and O–H groups in total. The number of hydrogen-bond donors (Lipinski definition) is 2. The number of aromatic nitrogens is 2. The second-order valence-corrected chi connectivity index (χ2v) is 1.90. The highest BCUT2D eigenvalue weighted by atomic mass is 16.5. The zero-order chi connectivity index (χ0) is 9.14. The van der Waals surface area contributed by atoms with E-state index in [1.807, 2.05) is 0 Å². The molecule has 1 heterocycles. The largest absolute Gasteiger partial charge is 0.504 e. The molecular weight excluding hydrogens is 164 g/mol. The SMILES string of the molecule is COC(=O)c1nc(O)ncc1O. The van der Waals surface area contributed by atoms with Gasteiger partial charge in [-0.25, -0.2) is 4.79 Å². The Bertz CT molecular complexity index is 312. The molecule has 0 bridgehead atoms. The van der Waals surface area contributed by atoms with Crippen LogP contribution in [0.1, 0.15) is 10.5 Å². The summed E-state index contributed by atoms with van der Waals surface area (Å²) in [6.45, 7) is 0. The van der Waals surface area contributed by atoms with Crippen molar-refractivity contribution in [1.82, 2.24) is 9.97 Å². The summed E-state index contributed by atoms with van der Waals surface area (Å²) in [4.78, 5) is 17.3. The van der Waals surface area contributed by atoms with Gasteiger partial charge in [-0.3, -0.25) is 0 Å². The van der Waals surface area contributed by atoms with Crippen molar-refractivity contribution in [3.63, 3.8) is 0 Å². The molecule has 12 heavy (non-hydrogen) atoms. The molecule has 0 aliphatic rings. The monoisotopic (exact) mass is 170 g/mol. The first-order valence-electron chi connectivity index (χ1n) is 2.98. The third-order valence-corrected chi connectivity index (χ3v) is 1.14. The number of esters is 1. The Morgan fingerprint density at radius 3 is 2.83 bits per heavy atom. The predicted molar refractivity (Wildman–Crippen MR) is 36.7 cm³/mol. The molecule has 0 saturated carbocycles. The van der Waals surface area contributed by atoms with Crippen LogP contribution in [0.5, 0.6) is 11.8 Å². The van der Waals surface area contributed by atoms with Gasteiger partial charge >= 0.3 is 12.0 Å². The average molecular weight is 170 g/mol. The highest BCUT2D eigenvalue weighted by Crippen LogP contribution is 2.15. The summed E-state index contributed by atoms with van der Waals surface area (Å²) >= 11 is 0. The van der Waals surface area contributed by atoms with Crippen LogP contribution in [0.4, 0.5) is 0 Å². The van der Waals surface area contributed by atoms with E-state index in [2.05, 4.69) is 14.7 Å². The number of nitrogens with zero attached hydrogens (tertiary/aromatic N) is 2.